The number of hydrogen-bond acceptors (Lipinski definition) is 3. The van der Waals surface area contributed by atoms with Crippen molar-refractivity contribution in [3.05, 3.63) is 39.9 Å². The van der Waals surface area contributed by atoms with Crippen molar-refractivity contribution in [3.8, 4) is 0 Å². The van der Waals surface area contributed by atoms with Gasteiger partial charge in [0.2, 0.25) is 0 Å². The quantitative estimate of drug-likeness (QED) is 0.932. The first-order valence-corrected chi connectivity index (χ1v) is 7.98. The Bertz CT molecular complexity index is 616. The predicted molar refractivity (Wildman–Crippen MR) is 71.5 cm³/mol. The van der Waals surface area contributed by atoms with Crippen molar-refractivity contribution in [2.24, 2.45) is 7.05 Å². The van der Waals surface area contributed by atoms with Crippen LogP contribution in [0.5, 0.6) is 0 Å². The predicted octanol–water partition coefficient (Wildman–Crippen LogP) is 2.33. The van der Waals surface area contributed by atoms with Crippen LogP contribution in [-0.4, -0.2) is 13.0 Å². The second kappa shape index (κ2) is 4.93. The lowest BCUT2D eigenvalue weighted by molar-refractivity contribution is 0.583. The summed E-state index contributed by atoms with van der Waals surface area (Å²) in [6.45, 7) is 0.299. The van der Waals surface area contributed by atoms with E-state index in [0.29, 0.717) is 15.2 Å². The maximum Gasteiger partial charge on any atom is 0.251 e. The lowest BCUT2D eigenvalue weighted by Crippen LogP contribution is -2.22. The Balaban J connectivity index is 2.11. The van der Waals surface area contributed by atoms with E-state index in [9.17, 15) is 8.42 Å². The van der Waals surface area contributed by atoms with Crippen LogP contribution in [0.1, 0.15) is 5.56 Å². The summed E-state index contributed by atoms with van der Waals surface area (Å²) in [7, 11) is -1.53. The normalized spacial score (nSPS) is 11.9. The molecule has 0 saturated carbocycles. The van der Waals surface area contributed by atoms with E-state index in [1.54, 1.807) is 11.4 Å². The zero-order valence-electron chi connectivity index (χ0n) is 9.05. The SMILES string of the molecule is Cn1ccc(CNS(=O)(=O)c2sccc2Br)c1. The molecular weight excluding hydrogens is 324 g/mol. The summed E-state index contributed by atoms with van der Waals surface area (Å²) in [5.41, 5.74) is 0.934. The molecule has 0 amide bonds. The second-order valence-electron chi connectivity index (χ2n) is 3.57. The molecule has 0 aromatic carbocycles. The first-order valence-electron chi connectivity index (χ1n) is 4.82. The average molecular weight is 335 g/mol. The van der Waals surface area contributed by atoms with E-state index in [2.05, 4.69) is 20.7 Å². The molecule has 0 radical (unpaired) electrons. The Kier molecular flexibility index (Phi) is 3.72. The van der Waals surface area contributed by atoms with Gasteiger partial charge in [-0.3, -0.25) is 0 Å². The minimum absolute atomic E-state index is 0.299. The Morgan fingerprint density at radius 1 is 1.47 bits per heavy atom. The van der Waals surface area contributed by atoms with Gasteiger partial charge in [0.15, 0.2) is 0 Å². The second-order valence-corrected chi connectivity index (χ2v) is 7.30. The Morgan fingerprint density at radius 2 is 2.24 bits per heavy atom. The van der Waals surface area contributed by atoms with Crippen molar-refractivity contribution in [1.82, 2.24) is 9.29 Å². The van der Waals surface area contributed by atoms with Gasteiger partial charge in [-0.05, 0) is 39.0 Å². The molecule has 4 nitrogen and oxygen atoms in total. The minimum Gasteiger partial charge on any atom is -0.357 e. The molecule has 0 spiro atoms. The van der Waals surface area contributed by atoms with E-state index < -0.39 is 10.0 Å². The molecule has 17 heavy (non-hydrogen) atoms. The van der Waals surface area contributed by atoms with Gasteiger partial charge >= 0.3 is 0 Å². The van der Waals surface area contributed by atoms with Crippen LogP contribution >= 0.6 is 27.3 Å². The molecule has 2 aromatic rings. The third kappa shape index (κ3) is 2.98. The fourth-order valence-corrected chi connectivity index (χ4v) is 4.78. The zero-order chi connectivity index (χ0) is 12.5. The highest BCUT2D eigenvalue weighted by Crippen LogP contribution is 2.27. The van der Waals surface area contributed by atoms with Crippen molar-refractivity contribution in [1.29, 1.82) is 0 Å². The van der Waals surface area contributed by atoms with Crippen LogP contribution in [0.15, 0.2) is 38.6 Å². The van der Waals surface area contributed by atoms with E-state index >= 15 is 0 Å². The summed E-state index contributed by atoms with van der Waals surface area (Å²) in [6, 6.07) is 3.60. The molecule has 0 bridgehead atoms. The lowest BCUT2D eigenvalue weighted by Gasteiger charge is -2.03. The fourth-order valence-electron chi connectivity index (χ4n) is 1.38. The molecule has 0 aliphatic carbocycles. The molecule has 0 aliphatic rings. The number of thiophene rings is 1. The van der Waals surface area contributed by atoms with Crippen LogP contribution in [0, 0.1) is 0 Å². The van der Waals surface area contributed by atoms with Crippen LogP contribution in [0.3, 0.4) is 0 Å². The first kappa shape index (κ1) is 12.8. The molecule has 0 fully saturated rings. The van der Waals surface area contributed by atoms with Crippen LogP contribution in [0.4, 0.5) is 0 Å². The van der Waals surface area contributed by atoms with E-state index in [1.165, 1.54) is 11.3 Å². The summed E-state index contributed by atoms with van der Waals surface area (Å²) < 4.78 is 29.3. The molecule has 0 unspecified atom stereocenters. The largest absolute Gasteiger partial charge is 0.357 e. The molecule has 2 aromatic heterocycles. The van der Waals surface area contributed by atoms with Gasteiger partial charge in [0.1, 0.15) is 4.21 Å². The molecule has 0 saturated heterocycles. The third-order valence-electron chi connectivity index (χ3n) is 2.19. The van der Waals surface area contributed by atoms with E-state index in [0.717, 1.165) is 5.56 Å². The Labute approximate surface area is 112 Å². The molecular formula is C10H11BrN2O2S2. The van der Waals surface area contributed by atoms with Crippen molar-refractivity contribution >= 4 is 37.3 Å². The van der Waals surface area contributed by atoms with E-state index in [1.807, 2.05) is 30.1 Å². The van der Waals surface area contributed by atoms with Gasteiger partial charge in [-0.25, -0.2) is 13.1 Å². The van der Waals surface area contributed by atoms with Crippen LogP contribution < -0.4 is 4.72 Å². The number of halogens is 1. The molecule has 7 heteroatoms. The van der Waals surface area contributed by atoms with Crippen LogP contribution in [0.25, 0.3) is 0 Å². The van der Waals surface area contributed by atoms with Crippen molar-refractivity contribution in [2.75, 3.05) is 0 Å². The van der Waals surface area contributed by atoms with Gasteiger partial charge in [-0.15, -0.1) is 11.3 Å². The molecule has 92 valence electrons. The smallest absolute Gasteiger partial charge is 0.251 e. The van der Waals surface area contributed by atoms with Crippen LogP contribution in [0.2, 0.25) is 0 Å². The summed E-state index contributed by atoms with van der Waals surface area (Å²) in [6.07, 6.45) is 3.76. The van der Waals surface area contributed by atoms with Crippen molar-refractivity contribution in [3.63, 3.8) is 0 Å². The highest BCUT2D eigenvalue weighted by Gasteiger charge is 2.18. The molecule has 1 N–H and O–H groups in total. The van der Waals surface area contributed by atoms with Crippen molar-refractivity contribution in [2.45, 2.75) is 10.8 Å². The summed E-state index contributed by atoms with van der Waals surface area (Å²) in [5.74, 6) is 0. The van der Waals surface area contributed by atoms with Crippen molar-refractivity contribution < 1.29 is 8.42 Å². The van der Waals surface area contributed by atoms with E-state index in [-0.39, 0.29) is 0 Å². The monoisotopic (exact) mass is 334 g/mol. The molecule has 0 aliphatic heterocycles. The van der Waals surface area contributed by atoms with Gasteiger partial charge in [0.25, 0.3) is 10.0 Å². The maximum absolute atomic E-state index is 12.0. The minimum atomic E-state index is -3.42. The number of aromatic nitrogens is 1. The number of sulfonamides is 1. The van der Waals surface area contributed by atoms with Crippen LogP contribution in [-0.2, 0) is 23.6 Å². The highest BCUT2D eigenvalue weighted by molar-refractivity contribution is 9.10. The maximum atomic E-state index is 12.0. The summed E-state index contributed by atoms with van der Waals surface area (Å²) >= 11 is 4.41. The summed E-state index contributed by atoms with van der Waals surface area (Å²) in [5, 5.41) is 1.74. The number of hydrogen-bond donors (Lipinski definition) is 1. The highest BCUT2D eigenvalue weighted by atomic mass is 79.9. The first-order chi connectivity index (χ1) is 7.99. The molecule has 2 rings (SSSR count). The fraction of sp³-hybridized carbons (Fsp3) is 0.200. The number of nitrogens with zero attached hydrogens (tertiary/aromatic N) is 1. The van der Waals surface area contributed by atoms with E-state index in [4.69, 9.17) is 0 Å². The van der Waals surface area contributed by atoms with Gasteiger partial charge in [0.05, 0.1) is 0 Å². The number of rotatable bonds is 4. The van der Waals surface area contributed by atoms with Gasteiger partial charge < -0.3 is 4.57 Å². The molecule has 0 atom stereocenters. The van der Waals surface area contributed by atoms with Gasteiger partial charge in [0, 0.05) is 30.5 Å². The topological polar surface area (TPSA) is 51.1 Å². The standard InChI is InChI=1S/C10H11BrN2O2S2/c1-13-4-2-8(7-13)6-12-17(14,15)10-9(11)3-5-16-10/h2-5,7,12H,6H2,1H3. The average Bonchev–Trinajstić information content (AvgIpc) is 2.85. The Hall–Kier alpha value is -0.630. The third-order valence-corrected chi connectivity index (χ3v) is 6.26. The zero-order valence-corrected chi connectivity index (χ0v) is 12.3. The summed E-state index contributed by atoms with van der Waals surface area (Å²) in [4.78, 5) is 0. The lowest BCUT2D eigenvalue weighted by atomic mass is 10.4. The van der Waals surface area contributed by atoms with Gasteiger partial charge in [-0.1, -0.05) is 0 Å². The Morgan fingerprint density at radius 3 is 2.76 bits per heavy atom. The number of nitrogens with one attached hydrogen (secondary N) is 1. The molecule has 2 heterocycles. The van der Waals surface area contributed by atoms with Gasteiger partial charge in [-0.2, -0.15) is 0 Å². The number of aryl methyl sites for hydroxylation is 1.